The number of anilines is 1. The van der Waals surface area contributed by atoms with Crippen LogP contribution in [0.25, 0.3) is 10.9 Å². The maximum Gasteiger partial charge on any atom is 0.377 e. The van der Waals surface area contributed by atoms with E-state index in [0.29, 0.717) is 21.3 Å². The lowest BCUT2D eigenvalue weighted by atomic mass is 10.2. The molecule has 0 fully saturated rings. The summed E-state index contributed by atoms with van der Waals surface area (Å²) in [6.07, 6.45) is 0. The fourth-order valence-electron chi connectivity index (χ4n) is 1.25. The lowest BCUT2D eigenvalue weighted by molar-refractivity contribution is -0.585. The average molecular weight is 176 g/mol. The van der Waals surface area contributed by atoms with Crippen LogP contribution >= 0.6 is 0 Å². The van der Waals surface area contributed by atoms with Crippen LogP contribution in [-0.4, -0.2) is 5.11 Å². The lowest BCUT2D eigenvalue weighted by Crippen LogP contribution is -2.26. The molecule has 0 saturated carbocycles. The quantitative estimate of drug-likeness (QED) is 0.353. The van der Waals surface area contributed by atoms with E-state index in [9.17, 15) is 5.21 Å². The van der Waals surface area contributed by atoms with Crippen molar-refractivity contribution in [2.75, 3.05) is 5.73 Å². The van der Waals surface area contributed by atoms with Crippen molar-refractivity contribution in [3.63, 3.8) is 0 Å². The van der Waals surface area contributed by atoms with Crippen LogP contribution in [0, 0.1) is 5.21 Å². The van der Waals surface area contributed by atoms with Crippen molar-refractivity contribution >= 4 is 16.6 Å². The van der Waals surface area contributed by atoms with Crippen LogP contribution in [0.3, 0.4) is 0 Å². The first-order valence-corrected chi connectivity index (χ1v) is 3.79. The Labute approximate surface area is 74.4 Å². The molecule has 0 amide bonds. The smallest absolute Gasteiger partial charge is 0.377 e. The van der Waals surface area contributed by atoms with Gasteiger partial charge >= 0.3 is 5.88 Å². The number of hydrogen-bond acceptors (Lipinski definition) is 3. The fraction of sp³-hybridized carbons (Fsp3) is 0. The third-order valence-corrected chi connectivity index (χ3v) is 1.89. The van der Waals surface area contributed by atoms with Gasteiger partial charge in [-0.25, -0.2) is 0 Å². The van der Waals surface area contributed by atoms with Gasteiger partial charge in [-0.15, -0.1) is 4.73 Å². The standard InChI is InChI=1S/C9H8N2O2/c10-7-2-3-8-6(5-7)1-4-9(12)11(8)13/h1-5,12H,10H2. The van der Waals surface area contributed by atoms with Crippen LogP contribution in [0.1, 0.15) is 0 Å². The molecule has 0 unspecified atom stereocenters. The molecular weight excluding hydrogens is 168 g/mol. The van der Waals surface area contributed by atoms with Crippen molar-refractivity contribution in [1.29, 1.82) is 0 Å². The van der Waals surface area contributed by atoms with Crippen molar-refractivity contribution in [3.8, 4) is 5.88 Å². The van der Waals surface area contributed by atoms with Crippen molar-refractivity contribution in [3.05, 3.63) is 35.5 Å². The lowest BCUT2D eigenvalue weighted by Gasteiger charge is -2.02. The topological polar surface area (TPSA) is 73.2 Å². The Hall–Kier alpha value is -1.97. The van der Waals surface area contributed by atoms with E-state index >= 15 is 0 Å². The van der Waals surface area contributed by atoms with Crippen LogP contribution in [0.15, 0.2) is 30.3 Å². The molecule has 0 saturated heterocycles. The van der Waals surface area contributed by atoms with E-state index in [0.717, 1.165) is 0 Å². The van der Waals surface area contributed by atoms with Gasteiger partial charge < -0.3 is 16.0 Å². The zero-order valence-corrected chi connectivity index (χ0v) is 6.77. The number of pyridine rings is 1. The molecule has 0 bridgehead atoms. The number of rotatable bonds is 0. The molecule has 1 heterocycles. The summed E-state index contributed by atoms with van der Waals surface area (Å²) in [5.74, 6) is -0.308. The normalized spacial score (nSPS) is 10.5. The second-order valence-corrected chi connectivity index (χ2v) is 2.80. The number of nitrogen functional groups attached to an aromatic ring is 1. The van der Waals surface area contributed by atoms with Crippen LogP contribution in [0.4, 0.5) is 5.69 Å². The Balaban J connectivity index is 2.87. The Bertz CT molecular complexity index is 468. The predicted octanol–water partition coefficient (Wildman–Crippen LogP) is 0.761. The highest BCUT2D eigenvalue weighted by Crippen LogP contribution is 2.16. The third-order valence-electron chi connectivity index (χ3n) is 1.89. The minimum Gasteiger partial charge on any atom is -0.616 e. The number of hydrogen-bond donors (Lipinski definition) is 2. The maximum atomic E-state index is 11.3. The highest BCUT2D eigenvalue weighted by Gasteiger charge is 2.07. The van der Waals surface area contributed by atoms with Gasteiger partial charge in [-0.2, -0.15) is 0 Å². The molecular formula is C9H8N2O2. The molecule has 4 nitrogen and oxygen atoms in total. The van der Waals surface area contributed by atoms with E-state index in [1.807, 2.05) is 0 Å². The maximum absolute atomic E-state index is 11.3. The molecule has 0 aliphatic heterocycles. The number of fused-ring (bicyclic) bond motifs is 1. The first-order valence-electron chi connectivity index (χ1n) is 3.79. The molecule has 4 heteroatoms. The number of aromatic nitrogens is 1. The zero-order chi connectivity index (χ0) is 9.42. The van der Waals surface area contributed by atoms with E-state index in [1.54, 1.807) is 24.3 Å². The van der Waals surface area contributed by atoms with Gasteiger partial charge in [0.1, 0.15) is 0 Å². The third kappa shape index (κ3) is 1.12. The molecule has 2 rings (SSSR count). The molecule has 3 N–H and O–H groups in total. The van der Waals surface area contributed by atoms with Gasteiger partial charge in [0.05, 0.1) is 6.07 Å². The molecule has 2 aromatic rings. The minimum absolute atomic E-state index is 0.308. The zero-order valence-electron chi connectivity index (χ0n) is 6.77. The molecule has 66 valence electrons. The summed E-state index contributed by atoms with van der Waals surface area (Å²) in [6.45, 7) is 0. The summed E-state index contributed by atoms with van der Waals surface area (Å²) in [4.78, 5) is 0. The second kappa shape index (κ2) is 2.52. The van der Waals surface area contributed by atoms with Gasteiger partial charge in [-0.3, -0.25) is 0 Å². The fourth-order valence-corrected chi connectivity index (χ4v) is 1.25. The first-order chi connectivity index (χ1) is 6.18. The monoisotopic (exact) mass is 176 g/mol. The van der Waals surface area contributed by atoms with Crippen molar-refractivity contribution < 1.29 is 9.84 Å². The number of benzene rings is 1. The average Bonchev–Trinajstić information content (AvgIpc) is 2.12. The summed E-state index contributed by atoms with van der Waals surface area (Å²) < 4.78 is 0.467. The Morgan fingerprint density at radius 2 is 2.00 bits per heavy atom. The second-order valence-electron chi connectivity index (χ2n) is 2.80. The Kier molecular flexibility index (Phi) is 1.48. The Morgan fingerprint density at radius 3 is 2.77 bits per heavy atom. The number of nitrogens with two attached hydrogens (primary N) is 1. The number of nitrogens with zero attached hydrogens (tertiary/aromatic N) is 1. The Morgan fingerprint density at radius 1 is 1.23 bits per heavy atom. The molecule has 1 aromatic carbocycles. The van der Waals surface area contributed by atoms with Gasteiger partial charge in [0.25, 0.3) is 0 Å². The molecule has 0 radical (unpaired) electrons. The van der Waals surface area contributed by atoms with E-state index in [-0.39, 0.29) is 5.88 Å². The summed E-state index contributed by atoms with van der Waals surface area (Å²) in [6, 6.07) is 7.88. The number of aromatic hydroxyl groups is 1. The first kappa shape index (κ1) is 7.67. The summed E-state index contributed by atoms with van der Waals surface area (Å²) in [7, 11) is 0. The molecule has 1 aromatic heterocycles. The molecule has 0 atom stereocenters. The minimum atomic E-state index is -0.308. The van der Waals surface area contributed by atoms with E-state index in [4.69, 9.17) is 10.8 Å². The molecule has 13 heavy (non-hydrogen) atoms. The summed E-state index contributed by atoms with van der Waals surface area (Å²) in [5, 5.41) is 21.1. The van der Waals surface area contributed by atoms with Crippen molar-refractivity contribution in [2.24, 2.45) is 0 Å². The van der Waals surface area contributed by atoms with Crippen LogP contribution in [-0.2, 0) is 0 Å². The van der Waals surface area contributed by atoms with Crippen LogP contribution in [0.2, 0.25) is 0 Å². The van der Waals surface area contributed by atoms with Crippen molar-refractivity contribution in [1.82, 2.24) is 0 Å². The SMILES string of the molecule is Nc1ccc2c(ccc(O)[n+]2[O-])c1. The highest BCUT2D eigenvalue weighted by atomic mass is 16.5. The summed E-state index contributed by atoms with van der Waals surface area (Å²) in [5.41, 5.74) is 6.55. The van der Waals surface area contributed by atoms with Gasteiger partial charge in [-0.1, -0.05) is 0 Å². The van der Waals surface area contributed by atoms with Gasteiger partial charge in [0.2, 0.25) is 5.52 Å². The predicted molar refractivity (Wildman–Crippen MR) is 49.0 cm³/mol. The van der Waals surface area contributed by atoms with E-state index in [2.05, 4.69) is 0 Å². The molecule has 0 aliphatic rings. The van der Waals surface area contributed by atoms with Crippen LogP contribution < -0.4 is 10.5 Å². The van der Waals surface area contributed by atoms with Crippen molar-refractivity contribution in [2.45, 2.75) is 0 Å². The van der Waals surface area contributed by atoms with Crippen LogP contribution in [0.5, 0.6) is 5.88 Å². The molecule has 0 spiro atoms. The largest absolute Gasteiger partial charge is 0.616 e. The van der Waals surface area contributed by atoms with Gasteiger partial charge in [0, 0.05) is 17.1 Å². The van der Waals surface area contributed by atoms with Gasteiger partial charge in [-0.05, 0) is 18.2 Å². The van der Waals surface area contributed by atoms with Gasteiger partial charge in [0.15, 0.2) is 0 Å². The van der Waals surface area contributed by atoms with E-state index < -0.39 is 0 Å². The highest BCUT2D eigenvalue weighted by molar-refractivity contribution is 5.79. The summed E-state index contributed by atoms with van der Waals surface area (Å²) >= 11 is 0. The molecule has 0 aliphatic carbocycles. The van der Waals surface area contributed by atoms with E-state index in [1.165, 1.54) is 6.07 Å².